The molecule has 0 bridgehead atoms. The number of carbonyl (C=O) groups is 1. The molecule has 2 aromatic heterocycles. The Kier molecular flexibility index (Phi) is 5.40. The average molecular weight is 435 g/mol. The van der Waals surface area contributed by atoms with E-state index < -0.39 is 23.7 Å². The molecule has 1 aliphatic rings. The van der Waals surface area contributed by atoms with Gasteiger partial charge in [0.2, 0.25) is 5.91 Å². The molecule has 4 rings (SSSR count). The Morgan fingerprint density at radius 2 is 2.07 bits per heavy atom. The van der Waals surface area contributed by atoms with Gasteiger partial charge >= 0.3 is 6.18 Å². The number of thiophene rings is 1. The number of alkyl halides is 3. The van der Waals surface area contributed by atoms with Crippen LogP contribution in [0, 0.1) is 0 Å². The molecule has 158 valence electrons. The van der Waals surface area contributed by atoms with E-state index in [0.717, 1.165) is 43.4 Å². The average Bonchev–Trinajstić information content (AvgIpc) is 3.09. The van der Waals surface area contributed by atoms with Crippen LogP contribution in [-0.2, 0) is 23.8 Å². The van der Waals surface area contributed by atoms with Crippen molar-refractivity contribution in [2.24, 2.45) is 0 Å². The van der Waals surface area contributed by atoms with Crippen LogP contribution < -0.4 is 10.9 Å². The van der Waals surface area contributed by atoms with E-state index in [4.69, 9.17) is 0 Å². The van der Waals surface area contributed by atoms with Crippen molar-refractivity contribution in [3.63, 3.8) is 0 Å². The molecule has 0 saturated heterocycles. The van der Waals surface area contributed by atoms with Crippen molar-refractivity contribution in [3.05, 3.63) is 57.0 Å². The maximum Gasteiger partial charge on any atom is 0.416 e. The molecular formula is C21H20F3N3O2S. The first-order valence-electron chi connectivity index (χ1n) is 9.79. The van der Waals surface area contributed by atoms with Crippen LogP contribution in [0.5, 0.6) is 0 Å². The second kappa shape index (κ2) is 7.86. The molecule has 5 nitrogen and oxygen atoms in total. The molecule has 2 heterocycles. The van der Waals surface area contributed by atoms with E-state index in [2.05, 4.69) is 10.3 Å². The zero-order valence-corrected chi connectivity index (χ0v) is 17.1. The lowest BCUT2D eigenvalue weighted by atomic mass is 9.97. The summed E-state index contributed by atoms with van der Waals surface area (Å²) in [5.41, 5.74) is -0.0616. The number of anilines is 1. The fraction of sp³-hybridized carbons (Fsp3) is 0.381. The zero-order chi connectivity index (χ0) is 21.5. The predicted molar refractivity (Wildman–Crippen MR) is 110 cm³/mol. The van der Waals surface area contributed by atoms with Gasteiger partial charge in [0.1, 0.15) is 10.9 Å². The number of carbonyl (C=O) groups excluding carboxylic acids is 1. The summed E-state index contributed by atoms with van der Waals surface area (Å²) in [6.07, 6.45) is 1.02. The second-order valence-electron chi connectivity index (χ2n) is 7.34. The minimum Gasteiger partial charge on any atom is -0.324 e. The number of amides is 1. The lowest BCUT2D eigenvalue weighted by Gasteiger charge is -2.18. The lowest BCUT2D eigenvalue weighted by Crippen LogP contribution is -2.33. The van der Waals surface area contributed by atoms with Crippen LogP contribution in [0.4, 0.5) is 18.9 Å². The number of benzene rings is 1. The highest BCUT2D eigenvalue weighted by molar-refractivity contribution is 7.18. The lowest BCUT2D eigenvalue weighted by molar-refractivity contribution is -0.137. The van der Waals surface area contributed by atoms with Crippen LogP contribution in [0.2, 0.25) is 0 Å². The zero-order valence-electron chi connectivity index (χ0n) is 16.3. The summed E-state index contributed by atoms with van der Waals surface area (Å²) in [6.45, 7) is 1.75. The van der Waals surface area contributed by atoms with Crippen LogP contribution in [0.15, 0.2) is 35.4 Å². The summed E-state index contributed by atoms with van der Waals surface area (Å²) in [5.74, 6) is -0.552. The predicted octanol–water partition coefficient (Wildman–Crippen LogP) is 4.95. The van der Waals surface area contributed by atoms with Crippen LogP contribution in [0.1, 0.15) is 48.2 Å². The largest absolute Gasteiger partial charge is 0.416 e. The van der Waals surface area contributed by atoms with E-state index in [1.54, 1.807) is 6.92 Å². The Morgan fingerprint density at radius 1 is 1.30 bits per heavy atom. The SMILES string of the molecule is CCC(C(=O)Nc1cccc(C(F)(F)F)c1)n1cnc2sc3c(c2c1=O)CCCC3. The molecule has 1 unspecified atom stereocenters. The van der Waals surface area contributed by atoms with Gasteiger partial charge in [-0.25, -0.2) is 4.98 Å². The number of fused-ring (bicyclic) bond motifs is 3. The highest BCUT2D eigenvalue weighted by Crippen LogP contribution is 2.34. The maximum absolute atomic E-state index is 13.2. The molecule has 30 heavy (non-hydrogen) atoms. The Hall–Kier alpha value is -2.68. The van der Waals surface area contributed by atoms with Gasteiger partial charge in [0.25, 0.3) is 5.56 Å². The van der Waals surface area contributed by atoms with Crippen molar-refractivity contribution in [1.29, 1.82) is 0 Å². The van der Waals surface area contributed by atoms with Gasteiger partial charge in [-0.05, 0) is 55.9 Å². The van der Waals surface area contributed by atoms with E-state index in [1.165, 1.54) is 39.2 Å². The topological polar surface area (TPSA) is 64.0 Å². The molecule has 1 aromatic carbocycles. The number of aryl methyl sites for hydroxylation is 2. The standard InChI is InChI=1S/C21H20F3N3O2S/c1-2-15(18(28)26-13-7-5-6-12(10-13)21(22,23)24)27-11-25-19-17(20(27)29)14-8-3-4-9-16(14)30-19/h5-7,10-11,15H,2-4,8-9H2,1H3,(H,26,28). The third-order valence-electron chi connectivity index (χ3n) is 5.38. The number of rotatable bonds is 4. The van der Waals surface area contributed by atoms with Gasteiger partial charge in [0.15, 0.2) is 0 Å². The molecular weight excluding hydrogens is 415 g/mol. The maximum atomic E-state index is 13.2. The molecule has 9 heteroatoms. The van der Waals surface area contributed by atoms with Crippen molar-refractivity contribution in [1.82, 2.24) is 9.55 Å². The summed E-state index contributed by atoms with van der Waals surface area (Å²) in [5, 5.41) is 3.08. The van der Waals surface area contributed by atoms with Crippen molar-refractivity contribution >= 4 is 33.1 Å². The summed E-state index contributed by atoms with van der Waals surface area (Å²) >= 11 is 1.53. The summed E-state index contributed by atoms with van der Waals surface area (Å²) in [7, 11) is 0. The molecule has 1 N–H and O–H groups in total. The van der Waals surface area contributed by atoms with E-state index in [0.29, 0.717) is 16.6 Å². The van der Waals surface area contributed by atoms with Gasteiger partial charge in [0, 0.05) is 10.6 Å². The quantitative estimate of drug-likeness (QED) is 0.631. The first kappa shape index (κ1) is 20.6. The van der Waals surface area contributed by atoms with Crippen molar-refractivity contribution in [2.45, 2.75) is 51.2 Å². The van der Waals surface area contributed by atoms with E-state index >= 15 is 0 Å². The van der Waals surface area contributed by atoms with Crippen molar-refractivity contribution < 1.29 is 18.0 Å². The van der Waals surface area contributed by atoms with Crippen LogP contribution >= 0.6 is 11.3 Å². The second-order valence-corrected chi connectivity index (χ2v) is 8.42. The van der Waals surface area contributed by atoms with Gasteiger partial charge in [-0.1, -0.05) is 13.0 Å². The van der Waals surface area contributed by atoms with Gasteiger partial charge in [-0.2, -0.15) is 13.2 Å². The molecule has 0 spiro atoms. The smallest absolute Gasteiger partial charge is 0.324 e. The summed E-state index contributed by atoms with van der Waals surface area (Å²) in [6, 6.07) is 3.57. The molecule has 0 aliphatic heterocycles. The van der Waals surface area contributed by atoms with Crippen LogP contribution in [-0.4, -0.2) is 15.5 Å². The molecule has 3 aromatic rings. The Bertz CT molecular complexity index is 1170. The normalized spacial score (nSPS) is 15.1. The number of hydrogen-bond donors (Lipinski definition) is 1. The fourth-order valence-corrected chi connectivity index (χ4v) is 5.11. The van der Waals surface area contributed by atoms with Crippen LogP contribution in [0.3, 0.4) is 0 Å². The number of halogens is 3. The first-order valence-corrected chi connectivity index (χ1v) is 10.6. The number of nitrogens with zero attached hydrogens (tertiary/aromatic N) is 2. The highest BCUT2D eigenvalue weighted by atomic mass is 32.1. The third-order valence-corrected chi connectivity index (χ3v) is 6.58. The number of aromatic nitrogens is 2. The van der Waals surface area contributed by atoms with Crippen LogP contribution in [0.25, 0.3) is 10.2 Å². The third kappa shape index (κ3) is 3.74. The minimum atomic E-state index is -4.51. The summed E-state index contributed by atoms with van der Waals surface area (Å²) in [4.78, 5) is 32.3. The fourth-order valence-electron chi connectivity index (χ4n) is 3.89. The number of nitrogens with one attached hydrogen (secondary N) is 1. The Morgan fingerprint density at radius 3 is 2.80 bits per heavy atom. The van der Waals surface area contributed by atoms with Gasteiger partial charge in [0.05, 0.1) is 17.3 Å². The monoisotopic (exact) mass is 435 g/mol. The molecule has 1 atom stereocenters. The van der Waals surface area contributed by atoms with Gasteiger partial charge < -0.3 is 5.32 Å². The first-order chi connectivity index (χ1) is 14.3. The van der Waals surface area contributed by atoms with Gasteiger partial charge in [-0.3, -0.25) is 14.2 Å². The summed E-state index contributed by atoms with van der Waals surface area (Å²) < 4.78 is 40.1. The molecule has 0 fully saturated rings. The van der Waals surface area contributed by atoms with Gasteiger partial charge in [-0.15, -0.1) is 11.3 Å². The van der Waals surface area contributed by atoms with Crippen molar-refractivity contribution in [3.8, 4) is 0 Å². The Balaban J connectivity index is 1.67. The highest BCUT2D eigenvalue weighted by Gasteiger charge is 2.31. The molecule has 0 radical (unpaired) electrons. The molecule has 1 aliphatic carbocycles. The Labute approximate surface area is 174 Å². The molecule has 0 saturated carbocycles. The molecule has 1 amide bonds. The minimum absolute atomic E-state index is 0.0308. The van der Waals surface area contributed by atoms with Crippen molar-refractivity contribution in [2.75, 3.05) is 5.32 Å². The van der Waals surface area contributed by atoms with E-state index in [-0.39, 0.29) is 11.2 Å². The van der Waals surface area contributed by atoms with E-state index in [9.17, 15) is 22.8 Å². The van der Waals surface area contributed by atoms with E-state index in [1.807, 2.05) is 0 Å². The number of hydrogen-bond acceptors (Lipinski definition) is 4.